The van der Waals surface area contributed by atoms with E-state index in [9.17, 15) is 19.5 Å². The minimum atomic E-state index is -1.31. The van der Waals surface area contributed by atoms with Gasteiger partial charge in [0.05, 0.1) is 13.2 Å². The lowest BCUT2D eigenvalue weighted by molar-refractivity contribution is 0.0372. The number of unbranched alkanes of at least 4 members (excludes halogenated alkanes) is 4. The normalized spacial score (nSPS) is 21.1. The maximum Gasteiger partial charge on any atom is 0.341 e. The highest BCUT2D eigenvalue weighted by molar-refractivity contribution is 5.98. The Labute approximate surface area is 183 Å². The van der Waals surface area contributed by atoms with Crippen LogP contribution >= 0.6 is 0 Å². The van der Waals surface area contributed by atoms with E-state index in [1.54, 1.807) is 4.57 Å². The second-order valence-corrected chi connectivity index (χ2v) is 8.71. The number of hydrogen-bond donors (Lipinski definition) is 2. The van der Waals surface area contributed by atoms with Gasteiger partial charge in [-0.15, -0.1) is 0 Å². The average molecular weight is 434 g/mol. The molecule has 3 rings (SSSR count). The van der Waals surface area contributed by atoms with Crippen LogP contribution in [0.3, 0.4) is 0 Å². The summed E-state index contributed by atoms with van der Waals surface area (Å²) in [5, 5.41) is 9.41. The zero-order valence-corrected chi connectivity index (χ0v) is 18.5. The van der Waals surface area contributed by atoms with Crippen LogP contribution in [0.5, 0.6) is 5.75 Å². The fraction of sp³-hybridized carbons (Fsp3) is 0.696. The number of carboxylic acids is 1. The van der Waals surface area contributed by atoms with Gasteiger partial charge >= 0.3 is 5.97 Å². The first-order valence-corrected chi connectivity index (χ1v) is 11.6. The lowest BCUT2D eigenvalue weighted by Gasteiger charge is -2.44. The van der Waals surface area contributed by atoms with Gasteiger partial charge in [-0.1, -0.05) is 44.9 Å². The Hall–Kier alpha value is -2.35. The third kappa shape index (κ3) is 5.11. The van der Waals surface area contributed by atoms with Crippen molar-refractivity contribution < 1.29 is 19.4 Å². The molecule has 1 aromatic heterocycles. The zero-order chi connectivity index (χ0) is 22.4. The second kappa shape index (κ2) is 10.8. The number of carbonyl (C=O) groups excluding carboxylic acids is 1. The first-order valence-electron chi connectivity index (χ1n) is 11.6. The van der Waals surface area contributed by atoms with E-state index in [2.05, 4.69) is 0 Å². The largest absolute Gasteiger partial charge is 0.491 e. The Kier molecular flexibility index (Phi) is 8.12. The van der Waals surface area contributed by atoms with Crippen LogP contribution in [0.4, 0.5) is 0 Å². The molecule has 8 heteroatoms. The second-order valence-electron chi connectivity index (χ2n) is 8.71. The molecule has 31 heavy (non-hydrogen) atoms. The van der Waals surface area contributed by atoms with Crippen molar-refractivity contribution in [3.63, 3.8) is 0 Å². The Balaban J connectivity index is 1.88. The van der Waals surface area contributed by atoms with Crippen LogP contribution in [0, 0.1) is 0 Å². The van der Waals surface area contributed by atoms with Crippen LogP contribution in [0.15, 0.2) is 11.0 Å². The number of amides is 1. The third-order valence-corrected chi connectivity index (χ3v) is 6.62. The minimum Gasteiger partial charge on any atom is -0.491 e. The summed E-state index contributed by atoms with van der Waals surface area (Å²) in [6.45, 7) is 1.22. The highest BCUT2D eigenvalue weighted by Gasteiger charge is 2.40. The number of methoxy groups -OCH3 is 1. The van der Waals surface area contributed by atoms with E-state index >= 15 is 0 Å². The van der Waals surface area contributed by atoms with Crippen molar-refractivity contribution in [3.8, 4) is 5.75 Å². The van der Waals surface area contributed by atoms with Crippen LogP contribution in [0.25, 0.3) is 0 Å². The average Bonchev–Trinajstić information content (AvgIpc) is 2.73. The van der Waals surface area contributed by atoms with Gasteiger partial charge in [-0.3, -0.25) is 9.59 Å². The monoisotopic (exact) mass is 433 g/mol. The van der Waals surface area contributed by atoms with Gasteiger partial charge in [0.15, 0.2) is 11.4 Å². The van der Waals surface area contributed by atoms with E-state index in [-0.39, 0.29) is 35.0 Å². The van der Waals surface area contributed by atoms with Crippen LogP contribution in [-0.4, -0.2) is 52.2 Å². The lowest BCUT2D eigenvalue weighted by Crippen LogP contribution is -2.54. The summed E-state index contributed by atoms with van der Waals surface area (Å²) in [6, 6.07) is 0.149. The molecule has 1 saturated heterocycles. The summed E-state index contributed by atoms with van der Waals surface area (Å²) in [5.74, 6) is -1.68. The van der Waals surface area contributed by atoms with E-state index in [0.717, 1.165) is 77.2 Å². The molecular formula is C23H35N3O5. The van der Waals surface area contributed by atoms with E-state index in [1.165, 1.54) is 13.3 Å². The summed E-state index contributed by atoms with van der Waals surface area (Å²) in [7, 11) is 1.31. The van der Waals surface area contributed by atoms with Crippen molar-refractivity contribution in [1.82, 2.24) is 9.47 Å². The summed E-state index contributed by atoms with van der Waals surface area (Å²) in [4.78, 5) is 39.8. The Bertz CT molecular complexity index is 850. The standard InChI is InChI=1S/C23H35N3O5/c1-31-21-19-22(28)26-16(10-6-3-2-4-9-13-24)11-7-5-8-12-17(26)14-25(19)15-18(20(21)27)23(29)30/h15-17H,2-14,24H2,1H3,(H,29,30). The van der Waals surface area contributed by atoms with Gasteiger partial charge in [0.2, 0.25) is 5.43 Å². The minimum absolute atomic E-state index is 0.0105. The fourth-order valence-electron chi connectivity index (χ4n) is 5.06. The fourth-order valence-corrected chi connectivity index (χ4v) is 5.06. The first-order chi connectivity index (χ1) is 15.0. The highest BCUT2D eigenvalue weighted by Crippen LogP contribution is 2.33. The predicted molar refractivity (Wildman–Crippen MR) is 118 cm³/mol. The van der Waals surface area contributed by atoms with Gasteiger partial charge in [-0.05, 0) is 32.2 Å². The number of nitrogens with zero attached hydrogens (tertiary/aromatic N) is 2. The van der Waals surface area contributed by atoms with Crippen molar-refractivity contribution in [2.45, 2.75) is 89.3 Å². The molecule has 3 N–H and O–H groups in total. The Morgan fingerprint density at radius 2 is 1.84 bits per heavy atom. The molecule has 2 unspecified atom stereocenters. The summed E-state index contributed by atoms with van der Waals surface area (Å²) >= 11 is 0. The number of carboxylic acid groups (broad SMARTS) is 1. The van der Waals surface area contributed by atoms with Gasteiger partial charge in [0.25, 0.3) is 5.91 Å². The highest BCUT2D eigenvalue weighted by atomic mass is 16.5. The molecule has 0 saturated carbocycles. The van der Waals surface area contributed by atoms with Gasteiger partial charge in [-0.25, -0.2) is 4.79 Å². The van der Waals surface area contributed by atoms with E-state index in [0.29, 0.717) is 6.54 Å². The summed E-state index contributed by atoms with van der Waals surface area (Å²) in [5.41, 5.74) is 4.65. The number of fused-ring (bicyclic) bond motifs is 2. The molecule has 0 bridgehead atoms. The Morgan fingerprint density at radius 3 is 2.55 bits per heavy atom. The molecule has 0 aromatic carbocycles. The number of aromatic carboxylic acids is 1. The lowest BCUT2D eigenvalue weighted by atomic mass is 9.91. The number of hydrogen-bond acceptors (Lipinski definition) is 5. The maximum atomic E-state index is 13.6. The number of aromatic nitrogens is 1. The topological polar surface area (TPSA) is 115 Å². The van der Waals surface area contributed by atoms with Crippen molar-refractivity contribution in [1.29, 1.82) is 0 Å². The molecule has 2 aliphatic heterocycles. The van der Waals surface area contributed by atoms with Crippen LogP contribution in [-0.2, 0) is 6.54 Å². The number of nitrogens with two attached hydrogens (primary N) is 1. The molecule has 0 spiro atoms. The SMILES string of the molecule is COc1c2n(cc(C(=O)O)c1=O)CC1CCCCCC(CCCCCCCN)N1C2=O. The number of pyridine rings is 1. The molecular weight excluding hydrogens is 398 g/mol. The van der Waals surface area contributed by atoms with Gasteiger partial charge in [0, 0.05) is 18.8 Å². The summed E-state index contributed by atoms with van der Waals surface area (Å²) < 4.78 is 6.88. The maximum absolute atomic E-state index is 13.6. The van der Waals surface area contributed by atoms with E-state index in [1.807, 2.05) is 4.90 Å². The number of ether oxygens (including phenoxy) is 1. The number of carbonyl (C=O) groups is 2. The van der Waals surface area contributed by atoms with E-state index in [4.69, 9.17) is 10.5 Å². The number of rotatable bonds is 9. The van der Waals surface area contributed by atoms with Gasteiger partial charge in [-0.2, -0.15) is 0 Å². The van der Waals surface area contributed by atoms with Crippen molar-refractivity contribution in [3.05, 3.63) is 27.7 Å². The predicted octanol–water partition coefficient (Wildman–Crippen LogP) is 3.01. The Morgan fingerprint density at radius 1 is 1.13 bits per heavy atom. The first kappa shape index (κ1) is 23.3. The third-order valence-electron chi connectivity index (χ3n) is 6.62. The van der Waals surface area contributed by atoms with Crippen molar-refractivity contribution in [2.75, 3.05) is 13.7 Å². The van der Waals surface area contributed by atoms with Crippen LogP contribution < -0.4 is 15.9 Å². The molecule has 172 valence electrons. The van der Waals surface area contributed by atoms with Crippen LogP contribution in [0.2, 0.25) is 0 Å². The molecule has 1 fully saturated rings. The molecule has 3 heterocycles. The molecule has 0 radical (unpaired) electrons. The molecule has 0 aliphatic carbocycles. The summed E-state index contributed by atoms with van der Waals surface area (Å²) in [6.07, 6.45) is 12.9. The van der Waals surface area contributed by atoms with Crippen molar-refractivity contribution in [2.24, 2.45) is 5.73 Å². The van der Waals surface area contributed by atoms with E-state index < -0.39 is 11.4 Å². The smallest absolute Gasteiger partial charge is 0.341 e. The van der Waals surface area contributed by atoms with Crippen molar-refractivity contribution >= 4 is 11.9 Å². The van der Waals surface area contributed by atoms with Gasteiger partial charge < -0.3 is 25.0 Å². The molecule has 1 amide bonds. The quantitative estimate of drug-likeness (QED) is 0.579. The molecule has 2 atom stereocenters. The molecule has 2 aliphatic rings. The zero-order valence-electron chi connectivity index (χ0n) is 18.5. The van der Waals surface area contributed by atoms with Gasteiger partial charge in [0.1, 0.15) is 5.56 Å². The molecule has 1 aromatic rings. The van der Waals surface area contributed by atoms with Crippen LogP contribution in [0.1, 0.15) is 91.5 Å². The molecule has 8 nitrogen and oxygen atoms in total.